The molecule has 0 bridgehead atoms. The molecular weight excluding hydrogens is 322 g/mol. The number of amides is 1. The third-order valence-electron chi connectivity index (χ3n) is 3.56. The van der Waals surface area contributed by atoms with Gasteiger partial charge in [-0.05, 0) is 42.8 Å². The third kappa shape index (κ3) is 5.24. The van der Waals surface area contributed by atoms with E-state index in [9.17, 15) is 9.59 Å². The van der Waals surface area contributed by atoms with E-state index in [0.29, 0.717) is 17.9 Å². The molecule has 0 radical (unpaired) electrons. The summed E-state index contributed by atoms with van der Waals surface area (Å²) in [5, 5.41) is 2.81. The van der Waals surface area contributed by atoms with E-state index in [1.54, 1.807) is 38.3 Å². The first kappa shape index (κ1) is 18.3. The highest BCUT2D eigenvalue weighted by atomic mass is 16.5. The van der Waals surface area contributed by atoms with E-state index in [2.05, 4.69) is 10.1 Å². The van der Waals surface area contributed by atoms with Crippen molar-refractivity contribution in [3.05, 3.63) is 59.7 Å². The number of esters is 1. The summed E-state index contributed by atoms with van der Waals surface area (Å²) in [7, 11) is 2.91. The molecule has 0 saturated carbocycles. The van der Waals surface area contributed by atoms with Crippen LogP contribution in [-0.2, 0) is 16.1 Å². The molecule has 0 unspecified atom stereocenters. The zero-order valence-electron chi connectivity index (χ0n) is 14.4. The van der Waals surface area contributed by atoms with Gasteiger partial charge in [-0.3, -0.25) is 4.79 Å². The van der Waals surface area contributed by atoms with Crippen LogP contribution in [0.25, 0.3) is 0 Å². The maximum Gasteiger partial charge on any atom is 0.337 e. The summed E-state index contributed by atoms with van der Waals surface area (Å²) in [6.45, 7) is 2.03. The van der Waals surface area contributed by atoms with Crippen LogP contribution in [0.2, 0.25) is 0 Å². The van der Waals surface area contributed by atoms with Gasteiger partial charge in [-0.2, -0.15) is 0 Å². The van der Waals surface area contributed by atoms with Gasteiger partial charge in [0.2, 0.25) is 0 Å². The van der Waals surface area contributed by atoms with Crippen molar-refractivity contribution in [3.63, 3.8) is 0 Å². The summed E-state index contributed by atoms with van der Waals surface area (Å²) in [5.74, 6) is 0.480. The van der Waals surface area contributed by atoms with Gasteiger partial charge in [0.15, 0.2) is 6.10 Å². The van der Waals surface area contributed by atoms with Crippen molar-refractivity contribution in [2.75, 3.05) is 14.2 Å². The smallest absolute Gasteiger partial charge is 0.337 e. The number of ether oxygens (including phenoxy) is 3. The fraction of sp³-hybridized carbons (Fsp3) is 0.263. The summed E-state index contributed by atoms with van der Waals surface area (Å²) < 4.78 is 15.4. The van der Waals surface area contributed by atoms with E-state index < -0.39 is 12.1 Å². The molecule has 1 atom stereocenters. The first-order valence-electron chi connectivity index (χ1n) is 7.79. The minimum absolute atomic E-state index is 0.251. The zero-order valence-corrected chi connectivity index (χ0v) is 14.4. The second kappa shape index (κ2) is 8.73. The number of carbonyl (C=O) groups excluding carboxylic acids is 2. The van der Waals surface area contributed by atoms with Gasteiger partial charge in [-0.1, -0.05) is 18.2 Å². The molecule has 1 N–H and O–H groups in total. The van der Waals surface area contributed by atoms with Crippen LogP contribution in [0.5, 0.6) is 11.5 Å². The maximum absolute atomic E-state index is 12.2. The lowest BCUT2D eigenvalue weighted by Crippen LogP contribution is -2.35. The molecule has 0 aliphatic carbocycles. The van der Waals surface area contributed by atoms with Gasteiger partial charge in [0.25, 0.3) is 5.91 Å². The Morgan fingerprint density at radius 2 is 1.76 bits per heavy atom. The fourth-order valence-electron chi connectivity index (χ4n) is 2.15. The maximum atomic E-state index is 12.2. The zero-order chi connectivity index (χ0) is 18.2. The van der Waals surface area contributed by atoms with Crippen LogP contribution in [0.1, 0.15) is 22.8 Å². The molecule has 0 aromatic heterocycles. The Hall–Kier alpha value is -3.02. The Bertz CT molecular complexity index is 727. The van der Waals surface area contributed by atoms with Crippen molar-refractivity contribution in [3.8, 4) is 11.5 Å². The molecule has 25 heavy (non-hydrogen) atoms. The van der Waals surface area contributed by atoms with Gasteiger partial charge in [-0.25, -0.2) is 4.79 Å². The van der Waals surface area contributed by atoms with Gasteiger partial charge in [-0.15, -0.1) is 0 Å². The van der Waals surface area contributed by atoms with Gasteiger partial charge >= 0.3 is 5.97 Å². The van der Waals surface area contributed by atoms with Crippen LogP contribution in [0.3, 0.4) is 0 Å². The van der Waals surface area contributed by atoms with Crippen molar-refractivity contribution >= 4 is 11.9 Å². The van der Waals surface area contributed by atoms with Crippen molar-refractivity contribution in [1.82, 2.24) is 5.32 Å². The number of benzene rings is 2. The van der Waals surface area contributed by atoms with E-state index in [1.807, 2.05) is 24.3 Å². The van der Waals surface area contributed by atoms with Gasteiger partial charge in [0.1, 0.15) is 11.5 Å². The molecule has 0 fully saturated rings. The van der Waals surface area contributed by atoms with Gasteiger partial charge in [0.05, 0.1) is 19.8 Å². The summed E-state index contributed by atoms with van der Waals surface area (Å²) in [6, 6.07) is 13.9. The molecule has 1 amide bonds. The number of hydrogen-bond acceptors (Lipinski definition) is 5. The Labute approximate surface area is 146 Å². The van der Waals surface area contributed by atoms with Crippen LogP contribution in [-0.4, -0.2) is 32.2 Å². The number of nitrogens with one attached hydrogen (secondary N) is 1. The topological polar surface area (TPSA) is 73.9 Å². The Morgan fingerprint density at radius 1 is 1.04 bits per heavy atom. The molecule has 0 heterocycles. The fourth-order valence-corrected chi connectivity index (χ4v) is 2.15. The number of methoxy groups -OCH3 is 2. The Balaban J connectivity index is 1.90. The van der Waals surface area contributed by atoms with Crippen LogP contribution in [0.15, 0.2) is 48.5 Å². The predicted octanol–water partition coefficient (Wildman–Crippen LogP) is 2.57. The number of hydrogen-bond donors (Lipinski definition) is 1. The van der Waals surface area contributed by atoms with Crippen LogP contribution < -0.4 is 14.8 Å². The summed E-state index contributed by atoms with van der Waals surface area (Å²) in [4.78, 5) is 23.7. The first-order chi connectivity index (χ1) is 12.0. The van der Waals surface area contributed by atoms with E-state index in [-0.39, 0.29) is 5.91 Å². The molecule has 2 rings (SSSR count). The van der Waals surface area contributed by atoms with Crippen molar-refractivity contribution in [1.29, 1.82) is 0 Å². The molecule has 0 saturated heterocycles. The second-order valence-electron chi connectivity index (χ2n) is 5.35. The second-order valence-corrected chi connectivity index (χ2v) is 5.35. The molecule has 0 spiro atoms. The highest BCUT2D eigenvalue weighted by Gasteiger charge is 2.15. The van der Waals surface area contributed by atoms with E-state index in [1.165, 1.54) is 7.11 Å². The molecule has 2 aromatic carbocycles. The molecule has 6 heteroatoms. The quantitative estimate of drug-likeness (QED) is 0.782. The number of carbonyl (C=O) groups is 2. The van der Waals surface area contributed by atoms with Crippen LogP contribution in [0, 0.1) is 0 Å². The molecule has 0 aliphatic rings. The highest BCUT2D eigenvalue weighted by molar-refractivity contribution is 5.89. The monoisotopic (exact) mass is 343 g/mol. The lowest BCUT2D eigenvalue weighted by atomic mass is 10.2. The molecule has 132 valence electrons. The molecule has 2 aromatic rings. The standard InChI is InChI=1S/C19H21NO5/c1-13(25-17-6-4-5-15(11-17)19(22)24-3)18(21)20-12-14-7-9-16(23-2)10-8-14/h4-11,13H,12H2,1-3H3,(H,20,21)/t13-/m0/s1. The average molecular weight is 343 g/mol. The van der Waals surface area contributed by atoms with E-state index in [4.69, 9.17) is 9.47 Å². The van der Waals surface area contributed by atoms with Crippen LogP contribution >= 0.6 is 0 Å². The predicted molar refractivity (Wildman–Crippen MR) is 92.7 cm³/mol. The molecular formula is C19H21NO5. The summed E-state index contributed by atoms with van der Waals surface area (Å²) >= 11 is 0. The van der Waals surface area contributed by atoms with Crippen molar-refractivity contribution in [2.45, 2.75) is 19.6 Å². The molecule has 6 nitrogen and oxygen atoms in total. The van der Waals surface area contributed by atoms with E-state index in [0.717, 1.165) is 11.3 Å². The summed E-state index contributed by atoms with van der Waals surface area (Å²) in [5.41, 5.74) is 1.32. The third-order valence-corrected chi connectivity index (χ3v) is 3.56. The van der Waals surface area contributed by atoms with Gasteiger partial charge in [0, 0.05) is 6.54 Å². The van der Waals surface area contributed by atoms with Crippen molar-refractivity contribution < 1.29 is 23.8 Å². The SMILES string of the molecule is COC(=O)c1cccc(O[C@@H](C)C(=O)NCc2ccc(OC)cc2)c1. The minimum Gasteiger partial charge on any atom is -0.497 e. The van der Waals surface area contributed by atoms with E-state index >= 15 is 0 Å². The van der Waals surface area contributed by atoms with Crippen molar-refractivity contribution in [2.24, 2.45) is 0 Å². The minimum atomic E-state index is -0.703. The summed E-state index contributed by atoms with van der Waals surface area (Å²) in [6.07, 6.45) is -0.703. The van der Waals surface area contributed by atoms with Crippen LogP contribution in [0.4, 0.5) is 0 Å². The first-order valence-corrected chi connectivity index (χ1v) is 7.79. The Morgan fingerprint density at radius 3 is 2.40 bits per heavy atom. The Kier molecular flexibility index (Phi) is 6.39. The van der Waals surface area contributed by atoms with Gasteiger partial charge < -0.3 is 19.5 Å². The lowest BCUT2D eigenvalue weighted by Gasteiger charge is -2.15. The molecule has 0 aliphatic heterocycles. The average Bonchev–Trinajstić information content (AvgIpc) is 2.65. The highest BCUT2D eigenvalue weighted by Crippen LogP contribution is 2.16. The lowest BCUT2D eigenvalue weighted by molar-refractivity contribution is -0.127. The largest absolute Gasteiger partial charge is 0.497 e. The number of rotatable bonds is 7. The normalized spacial score (nSPS) is 11.3.